The number of nitrogens with two attached hydrogens (primary N) is 1. The van der Waals surface area contributed by atoms with Gasteiger partial charge in [-0.3, -0.25) is 0 Å². The Balaban J connectivity index is 2.17. The molecule has 0 unspecified atom stereocenters. The van der Waals surface area contributed by atoms with Crippen LogP contribution in [0, 0.1) is 0 Å². The fraction of sp³-hybridized carbons (Fsp3) is 0. The molecule has 0 heterocycles. The Kier molecular flexibility index (Phi) is 3.05. The summed E-state index contributed by atoms with van der Waals surface area (Å²) < 4.78 is 0. The molecule has 0 fully saturated rings. The zero-order valence-electron chi connectivity index (χ0n) is 10.3. The minimum absolute atomic E-state index is 0.768. The van der Waals surface area contributed by atoms with Crippen LogP contribution in [0.25, 0.3) is 10.8 Å². The molecule has 2 nitrogen and oxygen atoms in total. The van der Waals surface area contributed by atoms with Crippen molar-refractivity contribution in [3.05, 3.63) is 60.7 Å². The van der Waals surface area contributed by atoms with Crippen molar-refractivity contribution in [2.75, 3.05) is 11.1 Å². The number of thiol groups is 1. The van der Waals surface area contributed by atoms with Crippen LogP contribution in [0.5, 0.6) is 0 Å². The second-order valence-electron chi connectivity index (χ2n) is 4.39. The molecule has 0 aliphatic carbocycles. The number of rotatable bonds is 2. The van der Waals surface area contributed by atoms with Gasteiger partial charge >= 0.3 is 0 Å². The van der Waals surface area contributed by atoms with Gasteiger partial charge in [-0.2, -0.15) is 0 Å². The maximum absolute atomic E-state index is 6.03. The first-order valence-electron chi connectivity index (χ1n) is 6.08. The van der Waals surface area contributed by atoms with Gasteiger partial charge in [0.15, 0.2) is 0 Å². The predicted molar refractivity (Wildman–Crippen MR) is 85.3 cm³/mol. The largest absolute Gasteiger partial charge is 0.398 e. The molecule has 0 amide bonds. The van der Waals surface area contributed by atoms with E-state index < -0.39 is 0 Å². The maximum atomic E-state index is 6.03. The number of para-hydroxylation sites is 1. The Labute approximate surface area is 117 Å². The average molecular weight is 266 g/mol. The summed E-state index contributed by atoms with van der Waals surface area (Å²) in [6.45, 7) is 0. The van der Waals surface area contributed by atoms with E-state index in [2.05, 4.69) is 17.9 Å². The fourth-order valence-electron chi connectivity index (χ4n) is 2.19. The first kappa shape index (κ1) is 11.9. The minimum Gasteiger partial charge on any atom is -0.398 e. The van der Waals surface area contributed by atoms with Gasteiger partial charge in [0.2, 0.25) is 0 Å². The van der Waals surface area contributed by atoms with Crippen LogP contribution in [0.1, 0.15) is 0 Å². The van der Waals surface area contributed by atoms with Crippen LogP contribution in [0.15, 0.2) is 65.6 Å². The van der Waals surface area contributed by atoms with Gasteiger partial charge in [-0.25, -0.2) is 0 Å². The highest BCUT2D eigenvalue weighted by molar-refractivity contribution is 7.80. The van der Waals surface area contributed by atoms with E-state index in [1.54, 1.807) is 0 Å². The first-order chi connectivity index (χ1) is 9.25. The quantitative estimate of drug-likeness (QED) is 0.473. The molecule has 0 saturated heterocycles. The van der Waals surface area contributed by atoms with Crippen LogP contribution in [0.2, 0.25) is 0 Å². The van der Waals surface area contributed by atoms with Crippen LogP contribution < -0.4 is 11.1 Å². The first-order valence-corrected chi connectivity index (χ1v) is 6.52. The summed E-state index contributed by atoms with van der Waals surface area (Å²) in [5.74, 6) is 0. The normalized spacial score (nSPS) is 10.6. The Hall–Kier alpha value is -2.13. The minimum atomic E-state index is 0.768. The lowest BCUT2D eigenvalue weighted by molar-refractivity contribution is 1.52. The average Bonchev–Trinajstić information content (AvgIpc) is 2.43. The van der Waals surface area contributed by atoms with Crippen molar-refractivity contribution in [3.63, 3.8) is 0 Å². The second kappa shape index (κ2) is 4.86. The van der Waals surface area contributed by atoms with Crippen LogP contribution in [0.3, 0.4) is 0 Å². The number of fused-ring (bicyclic) bond motifs is 1. The van der Waals surface area contributed by atoms with E-state index >= 15 is 0 Å². The van der Waals surface area contributed by atoms with Crippen molar-refractivity contribution in [2.45, 2.75) is 4.90 Å². The molecule has 0 saturated carbocycles. The van der Waals surface area contributed by atoms with E-state index in [1.165, 1.54) is 0 Å². The zero-order chi connectivity index (χ0) is 13.2. The highest BCUT2D eigenvalue weighted by atomic mass is 32.1. The summed E-state index contributed by atoms with van der Waals surface area (Å²) in [7, 11) is 0. The molecule has 0 aliphatic heterocycles. The van der Waals surface area contributed by atoms with Gasteiger partial charge in [0.25, 0.3) is 0 Å². The van der Waals surface area contributed by atoms with E-state index in [1.807, 2.05) is 60.7 Å². The monoisotopic (exact) mass is 266 g/mol. The van der Waals surface area contributed by atoms with Gasteiger partial charge in [-0.1, -0.05) is 30.3 Å². The second-order valence-corrected chi connectivity index (χ2v) is 4.87. The van der Waals surface area contributed by atoms with Gasteiger partial charge < -0.3 is 11.1 Å². The number of hydrogen-bond acceptors (Lipinski definition) is 3. The van der Waals surface area contributed by atoms with Crippen molar-refractivity contribution in [3.8, 4) is 0 Å². The van der Waals surface area contributed by atoms with Gasteiger partial charge in [-0.05, 0) is 30.3 Å². The smallest absolute Gasteiger partial charge is 0.0476 e. The van der Waals surface area contributed by atoms with Gasteiger partial charge in [0, 0.05) is 32.7 Å². The van der Waals surface area contributed by atoms with Crippen LogP contribution in [-0.4, -0.2) is 0 Å². The van der Waals surface area contributed by atoms with Gasteiger partial charge in [0.05, 0.1) is 0 Å². The molecule has 0 aliphatic rings. The summed E-state index contributed by atoms with van der Waals surface area (Å²) in [4.78, 5) is 0.920. The molecule has 0 bridgehead atoms. The topological polar surface area (TPSA) is 38.0 Å². The van der Waals surface area contributed by atoms with Crippen molar-refractivity contribution < 1.29 is 0 Å². The number of anilines is 3. The number of nitrogens with one attached hydrogen (secondary N) is 1. The number of hydrogen-bond donors (Lipinski definition) is 3. The fourth-order valence-corrected chi connectivity index (χ4v) is 2.52. The Morgan fingerprint density at radius 2 is 1.63 bits per heavy atom. The van der Waals surface area contributed by atoms with E-state index in [-0.39, 0.29) is 0 Å². The standard InChI is InChI=1S/C16H14N2S/c17-13-9-10-14(18-11-5-2-1-3-6-11)16-12(13)7-4-8-15(16)19/h1-10,18-19H,17H2. The van der Waals surface area contributed by atoms with E-state index in [9.17, 15) is 0 Å². The molecule has 3 aromatic carbocycles. The van der Waals surface area contributed by atoms with Crippen LogP contribution >= 0.6 is 12.6 Å². The molecule has 0 spiro atoms. The summed E-state index contributed by atoms with van der Waals surface area (Å²) in [6.07, 6.45) is 0. The van der Waals surface area contributed by atoms with E-state index in [0.29, 0.717) is 0 Å². The molecule has 0 aromatic heterocycles. The molecule has 0 radical (unpaired) electrons. The van der Waals surface area contributed by atoms with Crippen molar-refractivity contribution >= 4 is 40.5 Å². The molecule has 94 valence electrons. The third kappa shape index (κ3) is 2.25. The van der Waals surface area contributed by atoms with Crippen LogP contribution in [-0.2, 0) is 0 Å². The molecule has 3 heteroatoms. The van der Waals surface area contributed by atoms with E-state index in [0.717, 1.165) is 32.7 Å². The Morgan fingerprint density at radius 1 is 0.842 bits per heavy atom. The van der Waals surface area contributed by atoms with Crippen LogP contribution in [0.4, 0.5) is 17.1 Å². The molecule has 3 N–H and O–H groups in total. The predicted octanol–water partition coefficient (Wildman–Crippen LogP) is 4.45. The summed E-state index contributed by atoms with van der Waals surface area (Å²) in [6, 6.07) is 19.9. The summed E-state index contributed by atoms with van der Waals surface area (Å²) in [5.41, 5.74) is 8.85. The summed E-state index contributed by atoms with van der Waals surface area (Å²) >= 11 is 4.54. The van der Waals surface area contributed by atoms with Crippen molar-refractivity contribution in [1.29, 1.82) is 0 Å². The van der Waals surface area contributed by atoms with Crippen molar-refractivity contribution in [2.24, 2.45) is 0 Å². The highest BCUT2D eigenvalue weighted by Gasteiger charge is 2.07. The zero-order valence-corrected chi connectivity index (χ0v) is 11.2. The molecule has 3 aromatic rings. The molecule has 19 heavy (non-hydrogen) atoms. The molecule has 3 rings (SSSR count). The SMILES string of the molecule is Nc1ccc(Nc2ccccc2)c2c(S)cccc12. The third-order valence-electron chi connectivity index (χ3n) is 3.11. The lowest BCUT2D eigenvalue weighted by Crippen LogP contribution is -1.94. The Morgan fingerprint density at radius 3 is 2.42 bits per heavy atom. The van der Waals surface area contributed by atoms with E-state index in [4.69, 9.17) is 5.73 Å². The third-order valence-corrected chi connectivity index (χ3v) is 3.48. The lowest BCUT2D eigenvalue weighted by atomic mass is 10.1. The summed E-state index contributed by atoms with van der Waals surface area (Å²) in [5, 5.41) is 5.48. The maximum Gasteiger partial charge on any atom is 0.0476 e. The molecular formula is C16H14N2S. The number of nitrogen functional groups attached to an aromatic ring is 1. The number of benzene rings is 3. The molecular weight excluding hydrogens is 252 g/mol. The lowest BCUT2D eigenvalue weighted by Gasteiger charge is -2.13. The highest BCUT2D eigenvalue weighted by Crippen LogP contribution is 2.34. The van der Waals surface area contributed by atoms with Gasteiger partial charge in [0.1, 0.15) is 0 Å². The molecule has 0 atom stereocenters. The van der Waals surface area contributed by atoms with Gasteiger partial charge in [-0.15, -0.1) is 12.6 Å². The Bertz CT molecular complexity index is 723. The van der Waals surface area contributed by atoms with Crippen molar-refractivity contribution in [1.82, 2.24) is 0 Å².